The van der Waals surface area contributed by atoms with E-state index in [-0.39, 0.29) is 20.8 Å². The number of hydrogen-bond acceptors (Lipinski definition) is 3. The topological polar surface area (TPSA) is 35.5 Å². The van der Waals surface area contributed by atoms with E-state index in [4.69, 9.17) is 9.05 Å². The van der Waals surface area contributed by atoms with Gasteiger partial charge in [-0.2, -0.15) is 0 Å². The third-order valence-corrected chi connectivity index (χ3v) is 7.80. The monoisotopic (exact) mass is 412 g/mol. The molecule has 1 unspecified atom stereocenters. The number of benzene rings is 2. The average molecular weight is 411 g/mol. The van der Waals surface area contributed by atoms with Gasteiger partial charge in [-0.3, -0.25) is 0 Å². The van der Waals surface area contributed by atoms with E-state index in [1.54, 1.807) is 19.1 Å². The summed E-state index contributed by atoms with van der Waals surface area (Å²) >= 11 is 0.0580. The Morgan fingerprint density at radius 2 is 1.88 bits per heavy atom. The standard InChI is InChI=1S/C18H18FO3PSe/c1-2-21-23(20)13-12-17(24-16-6-4-3-5-7-16)18(22-23)14-8-10-15(19)11-9-14/h3-11H,2,12-13H2,1H3. The minimum absolute atomic E-state index is 0.0580. The van der Waals surface area contributed by atoms with Gasteiger partial charge in [0.1, 0.15) is 0 Å². The van der Waals surface area contributed by atoms with Crippen LogP contribution in [0.15, 0.2) is 59.1 Å². The molecular weight excluding hydrogens is 393 g/mol. The molecule has 0 amide bonds. The van der Waals surface area contributed by atoms with Crippen LogP contribution in [-0.2, 0) is 13.6 Å². The van der Waals surface area contributed by atoms with Crippen LogP contribution >= 0.6 is 7.60 Å². The van der Waals surface area contributed by atoms with Crippen molar-refractivity contribution in [3.05, 3.63) is 70.4 Å². The minimum atomic E-state index is -3.13. The number of hydrogen-bond donors (Lipinski definition) is 0. The summed E-state index contributed by atoms with van der Waals surface area (Å²) in [5.41, 5.74) is 0.740. The van der Waals surface area contributed by atoms with Crippen molar-refractivity contribution in [1.82, 2.24) is 0 Å². The van der Waals surface area contributed by atoms with Gasteiger partial charge >= 0.3 is 147 Å². The van der Waals surface area contributed by atoms with Crippen LogP contribution in [0, 0.1) is 5.82 Å². The first-order valence-corrected chi connectivity index (χ1v) is 11.2. The molecule has 6 heteroatoms. The van der Waals surface area contributed by atoms with Crippen LogP contribution < -0.4 is 4.46 Å². The summed E-state index contributed by atoms with van der Waals surface area (Å²) in [6.45, 7) is 2.14. The Labute approximate surface area is 147 Å². The maximum atomic E-state index is 13.2. The van der Waals surface area contributed by atoms with Crippen molar-refractivity contribution in [3.63, 3.8) is 0 Å². The van der Waals surface area contributed by atoms with Gasteiger partial charge in [-0.1, -0.05) is 0 Å². The van der Waals surface area contributed by atoms with Crippen LogP contribution in [0.4, 0.5) is 4.39 Å². The van der Waals surface area contributed by atoms with Crippen molar-refractivity contribution < 1.29 is 18.0 Å². The quantitative estimate of drug-likeness (QED) is 0.547. The second kappa shape index (κ2) is 7.67. The Hall–Kier alpha value is -1.38. The predicted molar refractivity (Wildman–Crippen MR) is 95.0 cm³/mol. The summed E-state index contributed by atoms with van der Waals surface area (Å²) in [5.74, 6) is 0.278. The van der Waals surface area contributed by atoms with Crippen molar-refractivity contribution in [2.75, 3.05) is 12.8 Å². The predicted octanol–water partition coefficient (Wildman–Crippen LogP) is 4.17. The first kappa shape index (κ1) is 17.4. The Bertz CT molecular complexity index is 775. The van der Waals surface area contributed by atoms with Gasteiger partial charge in [0.25, 0.3) is 0 Å². The van der Waals surface area contributed by atoms with Crippen LogP contribution in [0.25, 0.3) is 5.76 Å². The zero-order valence-electron chi connectivity index (χ0n) is 13.3. The van der Waals surface area contributed by atoms with Gasteiger partial charge in [-0.05, 0) is 0 Å². The molecule has 1 heterocycles. The molecule has 0 N–H and O–H groups in total. The third-order valence-electron chi connectivity index (χ3n) is 3.51. The van der Waals surface area contributed by atoms with Gasteiger partial charge in [0, 0.05) is 0 Å². The Morgan fingerprint density at radius 1 is 1.17 bits per heavy atom. The van der Waals surface area contributed by atoms with E-state index in [2.05, 4.69) is 12.1 Å². The van der Waals surface area contributed by atoms with Gasteiger partial charge in [0.2, 0.25) is 0 Å². The van der Waals surface area contributed by atoms with Gasteiger partial charge in [0.15, 0.2) is 0 Å². The summed E-state index contributed by atoms with van der Waals surface area (Å²) in [5, 5.41) is 0. The molecule has 0 spiro atoms. The molecule has 0 radical (unpaired) electrons. The van der Waals surface area contributed by atoms with Gasteiger partial charge < -0.3 is 0 Å². The average Bonchev–Trinajstić information content (AvgIpc) is 2.59. The van der Waals surface area contributed by atoms with Crippen LogP contribution in [0.2, 0.25) is 0 Å². The van der Waals surface area contributed by atoms with Crippen molar-refractivity contribution in [3.8, 4) is 0 Å². The molecule has 2 aromatic rings. The van der Waals surface area contributed by atoms with Gasteiger partial charge in [-0.15, -0.1) is 0 Å². The summed E-state index contributed by atoms with van der Waals surface area (Å²) in [6.07, 6.45) is 1.05. The van der Waals surface area contributed by atoms with Crippen LogP contribution in [-0.4, -0.2) is 27.7 Å². The Morgan fingerprint density at radius 3 is 2.54 bits per heavy atom. The first-order chi connectivity index (χ1) is 11.6. The molecule has 24 heavy (non-hydrogen) atoms. The second-order valence-corrected chi connectivity index (χ2v) is 9.83. The molecule has 1 atom stereocenters. The maximum absolute atomic E-state index is 13.2. The van der Waals surface area contributed by atoms with Crippen molar-refractivity contribution in [2.24, 2.45) is 0 Å². The fourth-order valence-electron chi connectivity index (χ4n) is 2.42. The van der Waals surface area contributed by atoms with Crippen molar-refractivity contribution in [1.29, 1.82) is 0 Å². The summed E-state index contributed by atoms with van der Waals surface area (Å²) in [6, 6.07) is 16.2. The molecule has 3 nitrogen and oxygen atoms in total. The van der Waals surface area contributed by atoms with Gasteiger partial charge in [-0.25, -0.2) is 0 Å². The van der Waals surface area contributed by atoms with Crippen LogP contribution in [0.5, 0.6) is 0 Å². The number of allylic oxidation sites excluding steroid dienone is 1. The van der Waals surface area contributed by atoms with E-state index in [9.17, 15) is 8.96 Å². The summed E-state index contributed by atoms with van der Waals surface area (Å²) in [4.78, 5) is 0. The van der Waals surface area contributed by atoms with E-state index < -0.39 is 7.60 Å². The molecule has 126 valence electrons. The van der Waals surface area contributed by atoms with Crippen LogP contribution in [0.1, 0.15) is 18.9 Å². The molecule has 1 aliphatic rings. The van der Waals surface area contributed by atoms with Crippen molar-refractivity contribution in [2.45, 2.75) is 13.3 Å². The zero-order valence-corrected chi connectivity index (χ0v) is 15.9. The van der Waals surface area contributed by atoms with Crippen LogP contribution in [0.3, 0.4) is 0 Å². The van der Waals surface area contributed by atoms with E-state index >= 15 is 0 Å². The third kappa shape index (κ3) is 4.17. The van der Waals surface area contributed by atoms with Crippen molar-refractivity contribution >= 4 is 32.8 Å². The first-order valence-electron chi connectivity index (χ1n) is 7.75. The van der Waals surface area contributed by atoms with E-state index in [0.717, 1.165) is 10.0 Å². The molecule has 1 aliphatic heterocycles. The molecular formula is C18H18FO3PSe. The molecule has 0 aliphatic carbocycles. The molecule has 0 saturated carbocycles. The number of halogens is 1. The summed E-state index contributed by atoms with van der Waals surface area (Å²) < 4.78 is 39.5. The molecule has 0 aromatic heterocycles. The van der Waals surface area contributed by atoms with Gasteiger partial charge in [0.05, 0.1) is 0 Å². The van der Waals surface area contributed by atoms with E-state index in [1.807, 2.05) is 18.2 Å². The van der Waals surface area contributed by atoms with E-state index in [1.165, 1.54) is 16.6 Å². The fraction of sp³-hybridized carbons (Fsp3) is 0.222. The Balaban J connectivity index is 1.98. The zero-order chi connectivity index (χ0) is 17.0. The normalized spacial score (nSPS) is 20.8. The molecule has 3 rings (SSSR count). The SMILES string of the molecule is CCOP1(=O)CCC([Se]c2ccccc2)=C(c2ccc(F)cc2)O1. The molecule has 0 saturated heterocycles. The molecule has 2 aromatic carbocycles. The summed E-state index contributed by atoms with van der Waals surface area (Å²) in [7, 11) is -3.13. The Kier molecular flexibility index (Phi) is 5.57. The molecule has 0 bridgehead atoms. The number of rotatable bonds is 5. The fourth-order valence-corrected chi connectivity index (χ4v) is 6.72. The second-order valence-electron chi connectivity index (χ2n) is 5.27. The van der Waals surface area contributed by atoms with E-state index in [0.29, 0.717) is 24.9 Å². The molecule has 0 fully saturated rings.